The fraction of sp³-hybridized carbons (Fsp3) is 0.286. The van der Waals surface area contributed by atoms with Gasteiger partial charge in [-0.2, -0.15) is 0 Å². The lowest BCUT2D eigenvalue weighted by Gasteiger charge is -2.34. The quantitative estimate of drug-likeness (QED) is 0.812. The lowest BCUT2D eigenvalue weighted by atomic mass is 9.84. The third-order valence-electron chi connectivity index (χ3n) is 5.44. The highest BCUT2D eigenvalue weighted by atomic mass is 19.2. The Morgan fingerprint density at radius 3 is 2.43 bits per heavy atom. The summed E-state index contributed by atoms with van der Waals surface area (Å²) in [6.45, 7) is 3.41. The highest BCUT2D eigenvalue weighted by Crippen LogP contribution is 2.44. The first-order chi connectivity index (χ1) is 13.3. The molecule has 4 rings (SSSR count). The van der Waals surface area contributed by atoms with Crippen LogP contribution in [0.25, 0.3) is 5.57 Å². The molecule has 0 atom stereocenters. The van der Waals surface area contributed by atoms with Crippen LogP contribution in [0.5, 0.6) is 5.75 Å². The van der Waals surface area contributed by atoms with E-state index in [4.69, 9.17) is 9.84 Å². The molecule has 0 aliphatic carbocycles. The van der Waals surface area contributed by atoms with Crippen molar-refractivity contribution >= 4 is 18.3 Å². The van der Waals surface area contributed by atoms with Gasteiger partial charge in [0, 0.05) is 24.3 Å². The largest absolute Gasteiger partial charge is 0.737 e. The van der Waals surface area contributed by atoms with Gasteiger partial charge in [0.15, 0.2) is 5.70 Å². The van der Waals surface area contributed by atoms with Gasteiger partial charge >= 0.3 is 6.97 Å². The summed E-state index contributed by atoms with van der Waals surface area (Å²) < 4.78 is 39.0. The number of rotatable bonds is 4. The SMILES string of the molecule is CC1=CC(C)=[N+]2C1=C(c1ccc(OCCO)cc1)c1c(C)cc(C)n1[B-]2(F)F. The number of nitrogens with zero attached hydrogens (tertiary/aromatic N) is 2. The van der Waals surface area contributed by atoms with Crippen molar-refractivity contribution in [1.29, 1.82) is 0 Å². The number of aromatic nitrogens is 1. The molecule has 4 nitrogen and oxygen atoms in total. The Labute approximate surface area is 163 Å². The van der Waals surface area contributed by atoms with E-state index in [2.05, 4.69) is 0 Å². The van der Waals surface area contributed by atoms with Gasteiger partial charge in [0.05, 0.1) is 12.2 Å². The number of aryl methyl sites for hydroxylation is 2. The van der Waals surface area contributed by atoms with Gasteiger partial charge in [-0.15, -0.1) is 0 Å². The van der Waals surface area contributed by atoms with Crippen molar-refractivity contribution < 1.29 is 23.0 Å². The second kappa shape index (κ2) is 6.45. The highest BCUT2D eigenvalue weighted by Gasteiger charge is 2.55. The number of hydrogen-bond acceptors (Lipinski definition) is 2. The normalized spacial score (nSPS) is 17.6. The monoisotopic (exact) mass is 384 g/mol. The maximum atomic E-state index is 15.6. The van der Waals surface area contributed by atoms with Gasteiger partial charge in [-0.1, -0.05) is 12.1 Å². The highest BCUT2D eigenvalue weighted by molar-refractivity contribution is 6.58. The second-order valence-electron chi connectivity index (χ2n) is 7.43. The summed E-state index contributed by atoms with van der Waals surface area (Å²) in [6.07, 6.45) is 1.82. The zero-order valence-electron chi connectivity index (χ0n) is 16.5. The minimum atomic E-state index is -3.96. The predicted molar refractivity (Wildman–Crippen MR) is 107 cm³/mol. The first kappa shape index (κ1) is 18.7. The summed E-state index contributed by atoms with van der Waals surface area (Å²) in [5.74, 6) is 0.635. The molecule has 1 aromatic heterocycles. The van der Waals surface area contributed by atoms with Gasteiger partial charge in [-0.3, -0.25) is 0 Å². The van der Waals surface area contributed by atoms with Crippen LogP contribution >= 0.6 is 0 Å². The Balaban J connectivity index is 1.98. The molecule has 1 aromatic carbocycles. The summed E-state index contributed by atoms with van der Waals surface area (Å²) in [6, 6.07) is 9.20. The standard InChI is InChI=1S/C21H23BF2N2O2/c1-13-11-15(3)25-20(13)19(17-5-7-18(8-6-17)28-10-9-27)21-14(2)12-16(4)26(21)22(25,23)24/h5-8,11-12,27H,9-10H2,1-4H3. The van der Waals surface area contributed by atoms with Crippen LogP contribution in [0.1, 0.15) is 36.4 Å². The van der Waals surface area contributed by atoms with Crippen LogP contribution in [0.4, 0.5) is 8.63 Å². The Kier molecular flexibility index (Phi) is 4.30. The molecule has 2 aromatic rings. The van der Waals surface area contributed by atoms with Crippen molar-refractivity contribution in [3.05, 3.63) is 70.2 Å². The molecular weight excluding hydrogens is 361 g/mol. The third-order valence-corrected chi connectivity index (χ3v) is 5.44. The maximum absolute atomic E-state index is 15.6. The zero-order valence-corrected chi connectivity index (χ0v) is 16.5. The smallest absolute Gasteiger partial charge is 0.491 e. The van der Waals surface area contributed by atoms with Gasteiger partial charge in [-0.05, 0) is 55.8 Å². The number of aliphatic hydroxyl groups is 1. The van der Waals surface area contributed by atoms with E-state index in [9.17, 15) is 0 Å². The molecule has 2 aliphatic heterocycles. The van der Waals surface area contributed by atoms with Crippen LogP contribution in [0.15, 0.2) is 47.7 Å². The van der Waals surface area contributed by atoms with Gasteiger partial charge in [0.1, 0.15) is 18.1 Å². The molecule has 0 saturated carbocycles. The van der Waals surface area contributed by atoms with E-state index in [1.807, 2.05) is 38.1 Å². The van der Waals surface area contributed by atoms with Crippen molar-refractivity contribution in [2.75, 3.05) is 13.2 Å². The topological polar surface area (TPSA) is 37.4 Å². The molecule has 1 N–H and O–H groups in total. The van der Waals surface area contributed by atoms with Crippen LogP contribution in [0.3, 0.4) is 0 Å². The molecular formula is C21H23BF2N2O2. The number of halogens is 2. The molecule has 7 heteroatoms. The Hall–Kier alpha value is -2.67. The molecule has 146 valence electrons. The summed E-state index contributed by atoms with van der Waals surface area (Å²) in [5.41, 5.74) is 5.56. The van der Waals surface area contributed by atoms with Crippen molar-refractivity contribution in [1.82, 2.24) is 4.48 Å². The number of benzene rings is 1. The van der Waals surface area contributed by atoms with E-state index in [-0.39, 0.29) is 13.2 Å². The molecule has 0 spiro atoms. The number of aliphatic hydroxyl groups excluding tert-OH is 1. The predicted octanol–water partition coefficient (Wildman–Crippen LogP) is 3.91. The Bertz CT molecular complexity index is 1060. The van der Waals surface area contributed by atoms with Crippen LogP contribution in [-0.2, 0) is 0 Å². The molecule has 0 unspecified atom stereocenters. The van der Waals surface area contributed by atoms with E-state index in [1.54, 1.807) is 26.0 Å². The van der Waals surface area contributed by atoms with Crippen LogP contribution in [-0.4, -0.2) is 40.0 Å². The molecule has 0 saturated heterocycles. The van der Waals surface area contributed by atoms with Gasteiger partial charge < -0.3 is 27.4 Å². The summed E-state index contributed by atoms with van der Waals surface area (Å²) in [7, 11) is 0. The van der Waals surface area contributed by atoms with Crippen molar-refractivity contribution in [3.63, 3.8) is 0 Å². The summed E-state index contributed by atoms with van der Waals surface area (Å²) >= 11 is 0. The molecule has 3 heterocycles. The summed E-state index contributed by atoms with van der Waals surface area (Å²) in [5, 5.41) is 8.92. The zero-order chi connectivity index (χ0) is 20.2. The number of fused-ring (bicyclic) bond motifs is 2. The van der Waals surface area contributed by atoms with Gasteiger partial charge in [0.2, 0.25) is 0 Å². The minimum Gasteiger partial charge on any atom is -0.491 e. The molecule has 0 bridgehead atoms. The minimum absolute atomic E-state index is 0.0612. The maximum Gasteiger partial charge on any atom is 0.737 e. The molecule has 0 amide bonds. The lowest BCUT2D eigenvalue weighted by Crippen LogP contribution is -2.51. The van der Waals surface area contributed by atoms with E-state index in [0.29, 0.717) is 28.5 Å². The molecule has 2 aliphatic rings. The van der Waals surface area contributed by atoms with E-state index in [1.165, 1.54) is 8.96 Å². The first-order valence-corrected chi connectivity index (χ1v) is 9.38. The lowest BCUT2D eigenvalue weighted by molar-refractivity contribution is -0.363. The number of ether oxygens (including phenoxy) is 1. The van der Waals surface area contributed by atoms with E-state index >= 15 is 8.63 Å². The average molecular weight is 384 g/mol. The fourth-order valence-electron chi connectivity index (χ4n) is 4.45. The first-order valence-electron chi connectivity index (χ1n) is 9.38. The second-order valence-corrected chi connectivity index (χ2v) is 7.43. The van der Waals surface area contributed by atoms with Crippen molar-refractivity contribution in [3.8, 4) is 5.75 Å². The number of hydrogen-bond donors (Lipinski definition) is 1. The molecule has 0 fully saturated rings. The van der Waals surface area contributed by atoms with Crippen molar-refractivity contribution in [2.24, 2.45) is 0 Å². The molecule has 0 radical (unpaired) electrons. The molecule has 28 heavy (non-hydrogen) atoms. The summed E-state index contributed by atoms with van der Waals surface area (Å²) in [4.78, 5) is 0. The Morgan fingerprint density at radius 1 is 1.11 bits per heavy atom. The van der Waals surface area contributed by atoms with Crippen LogP contribution < -0.4 is 4.74 Å². The van der Waals surface area contributed by atoms with Gasteiger partial charge in [-0.25, -0.2) is 0 Å². The van der Waals surface area contributed by atoms with Crippen LogP contribution in [0.2, 0.25) is 0 Å². The number of allylic oxidation sites excluding steroid dienone is 2. The van der Waals surface area contributed by atoms with Crippen molar-refractivity contribution in [2.45, 2.75) is 27.7 Å². The van der Waals surface area contributed by atoms with Gasteiger partial charge in [0.25, 0.3) is 0 Å². The van der Waals surface area contributed by atoms with E-state index in [0.717, 1.165) is 22.3 Å². The fourth-order valence-corrected chi connectivity index (χ4v) is 4.45. The van der Waals surface area contributed by atoms with E-state index < -0.39 is 6.97 Å². The van der Waals surface area contributed by atoms with Crippen LogP contribution in [0, 0.1) is 13.8 Å². The third kappa shape index (κ3) is 2.57. The average Bonchev–Trinajstić information content (AvgIpc) is 3.11. The Morgan fingerprint density at radius 2 is 1.79 bits per heavy atom.